The summed E-state index contributed by atoms with van der Waals surface area (Å²) in [5.74, 6) is 0.635. The molecule has 0 aliphatic carbocycles. The number of quaternary nitrogens is 1. The van der Waals surface area contributed by atoms with E-state index in [1.807, 2.05) is 49.1 Å². The number of fused-ring (bicyclic) bond motifs is 1. The molecule has 2 aliphatic heterocycles. The van der Waals surface area contributed by atoms with E-state index in [1.165, 1.54) is 0 Å². The highest BCUT2D eigenvalue weighted by Gasteiger charge is 2.40. The summed E-state index contributed by atoms with van der Waals surface area (Å²) in [6.45, 7) is 8.88. The van der Waals surface area contributed by atoms with Gasteiger partial charge in [0, 0.05) is 56.4 Å². The molecule has 168 valence electrons. The molecule has 2 aliphatic rings. The van der Waals surface area contributed by atoms with Crippen molar-refractivity contribution in [2.45, 2.75) is 13.8 Å². The summed E-state index contributed by atoms with van der Waals surface area (Å²) in [7, 11) is 0. The summed E-state index contributed by atoms with van der Waals surface area (Å²) in [6, 6.07) is 9.60. The van der Waals surface area contributed by atoms with Crippen molar-refractivity contribution >= 4 is 40.6 Å². The second-order valence-corrected chi connectivity index (χ2v) is 8.31. The monoisotopic (exact) mass is 453 g/mol. The van der Waals surface area contributed by atoms with Crippen molar-refractivity contribution in [3.05, 3.63) is 48.3 Å². The van der Waals surface area contributed by atoms with E-state index < -0.39 is 0 Å². The first-order valence-electron chi connectivity index (χ1n) is 10.9. The van der Waals surface area contributed by atoms with Crippen LogP contribution in [0.15, 0.2) is 47.8 Å². The third-order valence-corrected chi connectivity index (χ3v) is 6.53. The number of carbonyl (C=O) groups excluding carboxylic acids is 1. The molecule has 10 heteroatoms. The van der Waals surface area contributed by atoms with Gasteiger partial charge in [0.15, 0.2) is 5.71 Å². The van der Waals surface area contributed by atoms with Gasteiger partial charge in [-0.2, -0.15) is 0 Å². The Morgan fingerprint density at radius 3 is 2.38 bits per heavy atom. The highest BCUT2D eigenvalue weighted by Crippen LogP contribution is 2.30. The van der Waals surface area contributed by atoms with Crippen LogP contribution in [0.25, 0.3) is 0 Å². The van der Waals surface area contributed by atoms with Crippen LogP contribution in [0.5, 0.6) is 0 Å². The summed E-state index contributed by atoms with van der Waals surface area (Å²) < 4.78 is 0.0638. The third-order valence-electron chi connectivity index (χ3n) is 6.19. The quantitative estimate of drug-likeness (QED) is 0.402. The molecule has 0 saturated carbocycles. The van der Waals surface area contributed by atoms with Gasteiger partial charge < -0.3 is 10.6 Å². The van der Waals surface area contributed by atoms with E-state index in [-0.39, 0.29) is 15.6 Å². The van der Waals surface area contributed by atoms with Gasteiger partial charge >= 0.3 is 0 Å². The lowest BCUT2D eigenvalue weighted by atomic mass is 10.1. The molecular formula is C22H29N8OS+. The number of nitrogens with zero attached hydrogens (tertiary/aromatic N) is 7. The highest BCUT2D eigenvalue weighted by atomic mass is 32.1. The van der Waals surface area contributed by atoms with Crippen LogP contribution in [-0.2, 0) is 4.79 Å². The van der Waals surface area contributed by atoms with Gasteiger partial charge in [0.1, 0.15) is 13.1 Å². The minimum atomic E-state index is -0.110. The first kappa shape index (κ1) is 22.3. The maximum Gasteiger partial charge on any atom is 0.294 e. The topological polar surface area (TPSA) is 91.0 Å². The number of anilines is 2. The molecule has 2 N–H and O–H groups in total. The van der Waals surface area contributed by atoms with E-state index in [0.29, 0.717) is 25.5 Å². The van der Waals surface area contributed by atoms with Crippen LogP contribution < -0.4 is 15.5 Å². The van der Waals surface area contributed by atoms with Crippen LogP contribution >= 0.6 is 12.2 Å². The maximum atomic E-state index is 13.5. The number of piperazine rings is 1. The molecule has 0 spiro atoms. The molecule has 1 aromatic heterocycles. The van der Waals surface area contributed by atoms with Crippen molar-refractivity contribution in [3.8, 4) is 0 Å². The van der Waals surface area contributed by atoms with Crippen molar-refractivity contribution < 1.29 is 9.39 Å². The van der Waals surface area contributed by atoms with Gasteiger partial charge in [-0.1, -0.05) is 23.3 Å². The van der Waals surface area contributed by atoms with Gasteiger partial charge in [0.25, 0.3) is 11.0 Å². The lowest BCUT2D eigenvalue weighted by molar-refractivity contribution is -0.843. The second kappa shape index (κ2) is 9.27. The molecule has 0 bridgehead atoms. The molecule has 0 radical (unpaired) electrons. The first-order chi connectivity index (χ1) is 15.5. The minimum absolute atomic E-state index is 0.0638. The number of hydrogen-bond donors (Lipinski definition) is 1. The lowest BCUT2D eigenvalue weighted by Crippen LogP contribution is -2.53. The molecule has 1 amide bonds. The van der Waals surface area contributed by atoms with Crippen LogP contribution in [-0.4, -0.2) is 82.1 Å². The number of para-hydroxylation sites is 1. The van der Waals surface area contributed by atoms with Gasteiger partial charge in [0.05, 0.1) is 12.4 Å². The Kier molecular flexibility index (Phi) is 6.45. The highest BCUT2D eigenvalue weighted by molar-refractivity contribution is 7.79. The third kappa shape index (κ3) is 4.08. The molecule has 9 nitrogen and oxygen atoms in total. The van der Waals surface area contributed by atoms with Gasteiger partial charge in [-0.15, -0.1) is 4.59 Å². The summed E-state index contributed by atoms with van der Waals surface area (Å²) in [5.41, 5.74) is 8.16. The fraction of sp³-hybridized carbons (Fsp3) is 0.409. The molecular weight excluding hydrogens is 424 g/mol. The van der Waals surface area contributed by atoms with Crippen LogP contribution in [0.1, 0.15) is 19.4 Å². The average Bonchev–Trinajstić information content (AvgIpc) is 3.09. The molecule has 2 aromatic rings. The number of aromatic nitrogens is 2. The summed E-state index contributed by atoms with van der Waals surface area (Å²) >= 11 is 5.31. The largest absolute Gasteiger partial charge is 0.343 e. The molecule has 3 heterocycles. The van der Waals surface area contributed by atoms with E-state index in [2.05, 4.69) is 19.8 Å². The number of benzene rings is 1. The standard InChI is InChI=1S/C22H28N8OS/c1-3-30(4-2,21(23)32)26-19-17-8-5-6-9-18(17)29(20(19)31)16-27-12-14-28(15-13-27)22-24-10-7-11-25-22/h5-11H,3-4,12-16H2,1-2H3,(H-,23,32)/p+1/b26-19-. The Balaban J connectivity index is 1.54. The number of rotatable bonds is 6. The SMILES string of the molecule is CC[N+](CC)(/N=C1\C(=O)N(CN2CCN(c3ncccn3)CC2)c2ccccc21)C(N)=S. The molecule has 1 saturated heterocycles. The van der Waals surface area contributed by atoms with Crippen molar-refractivity contribution in [1.29, 1.82) is 0 Å². The van der Waals surface area contributed by atoms with Crippen molar-refractivity contribution in [1.82, 2.24) is 14.9 Å². The maximum absolute atomic E-state index is 13.5. The van der Waals surface area contributed by atoms with E-state index in [4.69, 9.17) is 23.1 Å². The first-order valence-corrected chi connectivity index (χ1v) is 11.3. The zero-order valence-electron chi connectivity index (χ0n) is 18.5. The van der Waals surface area contributed by atoms with E-state index >= 15 is 0 Å². The second-order valence-electron chi connectivity index (χ2n) is 7.89. The molecule has 0 atom stereocenters. The van der Waals surface area contributed by atoms with Crippen molar-refractivity contribution in [2.75, 3.05) is 55.7 Å². The lowest BCUT2D eigenvalue weighted by Gasteiger charge is -2.36. The van der Waals surface area contributed by atoms with Crippen LogP contribution in [0, 0.1) is 0 Å². The van der Waals surface area contributed by atoms with Gasteiger partial charge in [-0.3, -0.25) is 14.6 Å². The summed E-state index contributed by atoms with van der Waals surface area (Å²) in [4.78, 5) is 28.4. The fourth-order valence-electron chi connectivity index (χ4n) is 4.16. The number of carbonyl (C=O) groups is 1. The summed E-state index contributed by atoms with van der Waals surface area (Å²) in [5, 5.41) is 5.08. The Morgan fingerprint density at radius 1 is 1.09 bits per heavy atom. The Bertz CT molecular complexity index is 1020. The van der Waals surface area contributed by atoms with Crippen LogP contribution in [0.2, 0.25) is 0 Å². The zero-order valence-corrected chi connectivity index (χ0v) is 19.3. The Labute approximate surface area is 193 Å². The van der Waals surface area contributed by atoms with Gasteiger partial charge in [-0.05, 0) is 26.0 Å². The number of nitrogens with two attached hydrogens (primary N) is 1. The van der Waals surface area contributed by atoms with E-state index in [9.17, 15) is 4.79 Å². The van der Waals surface area contributed by atoms with Crippen LogP contribution in [0.3, 0.4) is 0 Å². The van der Waals surface area contributed by atoms with Crippen molar-refractivity contribution in [3.63, 3.8) is 0 Å². The predicted octanol–water partition coefficient (Wildman–Crippen LogP) is 1.41. The Hall–Kier alpha value is -2.95. The molecule has 1 aromatic carbocycles. The van der Waals surface area contributed by atoms with Gasteiger partial charge in [-0.25, -0.2) is 9.97 Å². The normalized spacial score (nSPS) is 18.3. The predicted molar refractivity (Wildman–Crippen MR) is 129 cm³/mol. The Morgan fingerprint density at radius 2 is 1.75 bits per heavy atom. The smallest absolute Gasteiger partial charge is 0.294 e. The fourth-order valence-corrected chi connectivity index (χ4v) is 4.46. The molecule has 0 unspecified atom stereocenters. The minimum Gasteiger partial charge on any atom is -0.343 e. The molecule has 4 rings (SSSR count). The van der Waals surface area contributed by atoms with Crippen LogP contribution in [0.4, 0.5) is 11.6 Å². The molecule has 1 fully saturated rings. The van der Waals surface area contributed by atoms with Gasteiger partial charge in [0.2, 0.25) is 5.95 Å². The van der Waals surface area contributed by atoms with E-state index in [0.717, 1.165) is 43.4 Å². The number of thiocarbonyl (C=S) groups is 1. The number of amides is 1. The van der Waals surface area contributed by atoms with Crippen molar-refractivity contribution in [2.24, 2.45) is 10.8 Å². The van der Waals surface area contributed by atoms with E-state index in [1.54, 1.807) is 12.4 Å². The molecule has 32 heavy (non-hydrogen) atoms. The number of hydrogen-bond acceptors (Lipinski definition) is 7. The average molecular weight is 454 g/mol. The summed E-state index contributed by atoms with van der Waals surface area (Å²) in [6.07, 6.45) is 3.52. The zero-order chi connectivity index (χ0) is 22.7.